The third-order valence-electron chi connectivity index (χ3n) is 5.35. The summed E-state index contributed by atoms with van der Waals surface area (Å²) in [7, 11) is 0. The van der Waals surface area contributed by atoms with Gasteiger partial charge in [-0.2, -0.15) is 5.26 Å². The predicted octanol–water partition coefficient (Wildman–Crippen LogP) is 5.39. The number of azo groups is 1. The number of nitriles is 1. The number of rotatable bonds is 5. The molecule has 1 aliphatic rings. The number of amides is 2. The zero-order chi connectivity index (χ0) is 24.6. The average Bonchev–Trinajstić information content (AvgIpc) is 3.07. The lowest BCUT2D eigenvalue weighted by Gasteiger charge is -2.10. The van der Waals surface area contributed by atoms with Gasteiger partial charge < -0.3 is 9.84 Å². The first-order valence-corrected chi connectivity index (χ1v) is 11.1. The van der Waals surface area contributed by atoms with E-state index in [9.17, 15) is 24.8 Å². The Morgan fingerprint density at radius 3 is 2.53 bits per heavy atom. The average molecular weight is 521 g/mol. The molecule has 170 valence electrons. The lowest BCUT2D eigenvalue weighted by atomic mass is 10.0. The monoisotopic (exact) mass is 520 g/mol. The van der Waals surface area contributed by atoms with Crippen LogP contribution < -0.4 is 0 Å². The number of fused-ring (bicyclic) bond motifs is 2. The number of phenols is 1. The second kappa shape index (κ2) is 9.03. The third-order valence-corrected chi connectivity index (χ3v) is 6.12. The fourth-order valence-electron chi connectivity index (χ4n) is 3.74. The molecule has 0 atom stereocenters. The minimum atomic E-state index is -0.720. The Morgan fingerprint density at radius 1 is 1.15 bits per heavy atom. The van der Waals surface area contributed by atoms with Crippen LogP contribution in [0.1, 0.15) is 50.5 Å². The summed E-state index contributed by atoms with van der Waals surface area (Å²) in [5, 5.41) is 29.9. The fourth-order valence-corrected chi connectivity index (χ4v) is 4.42. The number of benzene rings is 3. The number of aromatic hydroxyl groups is 1. The molecule has 34 heavy (non-hydrogen) atoms. The first-order valence-electron chi connectivity index (χ1n) is 10.3. The molecule has 0 spiro atoms. The number of phenolic OH excluding ortho intramolecular Hbond substituents is 1. The number of halogens is 1. The summed E-state index contributed by atoms with van der Waals surface area (Å²) in [6, 6.07) is 11.7. The number of hydrogen-bond acceptors (Lipinski definition) is 8. The van der Waals surface area contributed by atoms with Gasteiger partial charge >= 0.3 is 5.97 Å². The van der Waals surface area contributed by atoms with E-state index in [1.165, 1.54) is 12.1 Å². The molecule has 3 aromatic carbocycles. The highest BCUT2D eigenvalue weighted by Gasteiger charge is 2.38. The van der Waals surface area contributed by atoms with Crippen LogP contribution in [0, 0.1) is 11.3 Å². The molecule has 0 aromatic heterocycles. The normalized spacial score (nSPS) is 12.9. The van der Waals surface area contributed by atoms with Gasteiger partial charge in [-0.1, -0.05) is 24.3 Å². The van der Waals surface area contributed by atoms with Crippen LogP contribution in [-0.4, -0.2) is 40.9 Å². The number of carbonyl (C=O) groups is 3. The van der Waals surface area contributed by atoms with E-state index in [0.29, 0.717) is 10.8 Å². The van der Waals surface area contributed by atoms with E-state index in [1.54, 1.807) is 38.1 Å². The highest BCUT2D eigenvalue weighted by molar-refractivity contribution is 9.10. The maximum absolute atomic E-state index is 12.7. The van der Waals surface area contributed by atoms with Crippen LogP contribution >= 0.6 is 15.9 Å². The summed E-state index contributed by atoms with van der Waals surface area (Å²) in [4.78, 5) is 38.7. The summed E-state index contributed by atoms with van der Waals surface area (Å²) in [6.07, 6.45) is 0. The van der Waals surface area contributed by atoms with Gasteiger partial charge in [0, 0.05) is 11.9 Å². The maximum atomic E-state index is 12.7. The highest BCUT2D eigenvalue weighted by Crippen LogP contribution is 2.43. The van der Waals surface area contributed by atoms with E-state index in [2.05, 4.69) is 26.2 Å². The second-order valence-corrected chi connectivity index (χ2v) is 8.03. The van der Waals surface area contributed by atoms with Gasteiger partial charge in [-0.15, -0.1) is 10.2 Å². The van der Waals surface area contributed by atoms with Crippen LogP contribution in [0.25, 0.3) is 10.8 Å². The highest BCUT2D eigenvalue weighted by atomic mass is 79.9. The number of hydrogen-bond donors (Lipinski definition) is 1. The molecule has 0 saturated carbocycles. The van der Waals surface area contributed by atoms with Crippen molar-refractivity contribution in [2.75, 3.05) is 13.2 Å². The zero-order valence-corrected chi connectivity index (χ0v) is 19.7. The number of imide groups is 1. The lowest BCUT2D eigenvalue weighted by molar-refractivity contribution is 0.0522. The van der Waals surface area contributed by atoms with Gasteiger partial charge in [0.1, 0.15) is 23.0 Å². The molecule has 0 aliphatic carbocycles. The van der Waals surface area contributed by atoms with Crippen LogP contribution in [0.5, 0.6) is 5.75 Å². The van der Waals surface area contributed by atoms with Gasteiger partial charge in [-0.25, -0.2) is 4.79 Å². The third kappa shape index (κ3) is 3.60. The van der Waals surface area contributed by atoms with Gasteiger partial charge in [0.05, 0.1) is 27.8 Å². The summed E-state index contributed by atoms with van der Waals surface area (Å²) in [5.74, 6) is -2.15. The Labute approximate surface area is 202 Å². The van der Waals surface area contributed by atoms with Crippen LogP contribution in [0.15, 0.2) is 51.1 Å². The molecule has 1 N–H and O–H groups in total. The largest absolute Gasteiger partial charge is 0.505 e. The SMILES string of the molecule is CCOC(=O)c1cc2ccccc2c(/N=N/c2c(C#N)cc3c(c2Br)C(=O)N(CC)C3=O)c1O. The van der Waals surface area contributed by atoms with Crippen molar-refractivity contribution in [2.24, 2.45) is 10.2 Å². The molecule has 9 nitrogen and oxygen atoms in total. The number of carbonyl (C=O) groups excluding carboxylic acids is 3. The van der Waals surface area contributed by atoms with Gasteiger partial charge in [0.2, 0.25) is 0 Å². The van der Waals surface area contributed by atoms with Gasteiger partial charge in [-0.05, 0) is 47.3 Å². The van der Waals surface area contributed by atoms with Crippen LogP contribution in [0.2, 0.25) is 0 Å². The molecule has 10 heteroatoms. The molecule has 1 aliphatic heterocycles. The van der Waals surface area contributed by atoms with E-state index in [4.69, 9.17) is 4.74 Å². The molecule has 2 amide bonds. The Hall–Kier alpha value is -4.10. The quantitative estimate of drug-likeness (QED) is 0.272. The summed E-state index contributed by atoms with van der Waals surface area (Å²) >= 11 is 3.31. The van der Waals surface area contributed by atoms with Crippen LogP contribution in [0.3, 0.4) is 0 Å². The molecule has 1 heterocycles. The van der Waals surface area contributed by atoms with Crippen molar-refractivity contribution in [3.63, 3.8) is 0 Å². The van der Waals surface area contributed by atoms with E-state index in [0.717, 1.165) is 4.90 Å². The Kier molecular flexibility index (Phi) is 6.13. The minimum absolute atomic E-state index is 0.00460. The van der Waals surface area contributed by atoms with E-state index >= 15 is 0 Å². The maximum Gasteiger partial charge on any atom is 0.342 e. The second-order valence-electron chi connectivity index (χ2n) is 7.24. The Bertz CT molecular complexity index is 1460. The van der Waals surface area contributed by atoms with Crippen molar-refractivity contribution < 1.29 is 24.2 Å². The molecule has 4 rings (SSSR count). The Balaban J connectivity index is 1.91. The van der Waals surface area contributed by atoms with Gasteiger partial charge in [-0.3, -0.25) is 14.5 Å². The lowest BCUT2D eigenvalue weighted by Crippen LogP contribution is -2.29. The first kappa shape index (κ1) is 23.1. The van der Waals surface area contributed by atoms with Crippen molar-refractivity contribution in [3.8, 4) is 11.8 Å². The zero-order valence-electron chi connectivity index (χ0n) is 18.1. The molecule has 3 aromatic rings. The van der Waals surface area contributed by atoms with Crippen molar-refractivity contribution in [3.05, 3.63) is 63.1 Å². The summed E-state index contributed by atoms with van der Waals surface area (Å²) < 4.78 is 5.17. The smallest absolute Gasteiger partial charge is 0.342 e. The van der Waals surface area contributed by atoms with Crippen LogP contribution in [0.4, 0.5) is 11.4 Å². The van der Waals surface area contributed by atoms with Crippen molar-refractivity contribution in [1.29, 1.82) is 5.26 Å². The number of esters is 1. The Morgan fingerprint density at radius 2 is 1.85 bits per heavy atom. The van der Waals surface area contributed by atoms with E-state index in [-0.39, 0.29) is 51.3 Å². The predicted molar refractivity (Wildman–Crippen MR) is 126 cm³/mol. The fraction of sp³-hybridized carbons (Fsp3) is 0.167. The molecule has 0 saturated heterocycles. The number of ether oxygens (including phenoxy) is 1. The van der Waals surface area contributed by atoms with Crippen molar-refractivity contribution >= 4 is 55.9 Å². The van der Waals surface area contributed by atoms with Gasteiger partial charge in [0.15, 0.2) is 5.75 Å². The summed E-state index contributed by atoms with van der Waals surface area (Å²) in [5.41, 5.74) is 0.141. The molecule has 0 bridgehead atoms. The molecule has 0 radical (unpaired) electrons. The van der Waals surface area contributed by atoms with Crippen molar-refractivity contribution in [1.82, 2.24) is 4.90 Å². The molecular formula is C24H17BrN4O5. The standard InChI is InChI=1S/C24H17BrN4O5/c1-3-29-22(31)15-10-13(11-26)19(18(25)17(15)23(29)32)27-28-20-14-8-6-5-7-12(14)9-16(21(20)30)24(33)34-4-2/h5-10,30H,3-4H2,1-2H3/b28-27+. The van der Waals surface area contributed by atoms with E-state index < -0.39 is 23.5 Å². The number of nitrogens with zero attached hydrogens (tertiary/aromatic N) is 4. The van der Waals surface area contributed by atoms with Crippen molar-refractivity contribution in [2.45, 2.75) is 13.8 Å². The van der Waals surface area contributed by atoms with Crippen LogP contribution in [-0.2, 0) is 4.74 Å². The topological polar surface area (TPSA) is 132 Å². The summed E-state index contributed by atoms with van der Waals surface area (Å²) in [6.45, 7) is 3.62. The minimum Gasteiger partial charge on any atom is -0.505 e. The van der Waals surface area contributed by atoms with Gasteiger partial charge in [0.25, 0.3) is 11.8 Å². The molecule has 0 unspecified atom stereocenters. The molecule has 0 fully saturated rings. The molecular weight excluding hydrogens is 504 g/mol. The van der Waals surface area contributed by atoms with E-state index in [1.807, 2.05) is 6.07 Å². The first-order chi connectivity index (χ1) is 16.3.